The van der Waals surface area contributed by atoms with Crippen LogP contribution in [0.25, 0.3) is 0 Å². The van der Waals surface area contributed by atoms with Gasteiger partial charge in [0.1, 0.15) is 0 Å². The van der Waals surface area contributed by atoms with Gasteiger partial charge in [-0.25, -0.2) is 0 Å². The van der Waals surface area contributed by atoms with Gasteiger partial charge in [0.05, 0.1) is 11.3 Å². The largest absolute Gasteiger partial charge is 0.418 e. The topological polar surface area (TPSA) is 72.9 Å². The number of nitrogens with zero attached hydrogens (tertiary/aromatic N) is 2. The molecule has 1 aliphatic heterocycles. The van der Waals surface area contributed by atoms with Crippen molar-refractivity contribution in [3.05, 3.63) is 23.8 Å². The van der Waals surface area contributed by atoms with Gasteiger partial charge in [-0.2, -0.15) is 21.6 Å². The van der Waals surface area contributed by atoms with E-state index in [-0.39, 0.29) is 11.4 Å². The smallest absolute Gasteiger partial charge is 0.368 e. The molecule has 0 unspecified atom stereocenters. The number of rotatable bonds is 3. The third-order valence-corrected chi connectivity index (χ3v) is 4.36. The number of benzene rings is 1. The Morgan fingerprint density at radius 3 is 2.36 bits per heavy atom. The Balaban J connectivity index is 2.47. The lowest BCUT2D eigenvalue weighted by molar-refractivity contribution is -0.137. The highest BCUT2D eigenvalue weighted by Crippen LogP contribution is 2.39. The first-order valence-corrected chi connectivity index (χ1v) is 7.88. The molecule has 0 bridgehead atoms. The molecule has 1 aromatic carbocycles. The summed E-state index contributed by atoms with van der Waals surface area (Å²) in [6.45, 7) is 2.00. The van der Waals surface area contributed by atoms with E-state index in [0.717, 1.165) is 13.1 Å². The predicted molar refractivity (Wildman–Crippen MR) is 76.5 cm³/mol. The number of anilines is 2. The standard InChI is InChI=1S/C12H16F3N3O3S/c1-17(22(19,20)21)9-2-3-11(10(8-9)12(13,14)15)18-6-4-16-5-7-18/h2-3,8,16H,4-7H2,1H3,(H,19,20,21). The summed E-state index contributed by atoms with van der Waals surface area (Å²) in [6.07, 6.45) is -4.63. The van der Waals surface area contributed by atoms with Gasteiger partial charge in [0, 0.05) is 38.9 Å². The summed E-state index contributed by atoms with van der Waals surface area (Å²) >= 11 is 0. The van der Waals surface area contributed by atoms with Gasteiger partial charge in [-0.1, -0.05) is 0 Å². The lowest BCUT2D eigenvalue weighted by Crippen LogP contribution is -2.44. The zero-order chi connectivity index (χ0) is 16.5. The summed E-state index contributed by atoms with van der Waals surface area (Å²) in [5.74, 6) is 0. The van der Waals surface area contributed by atoms with Crippen molar-refractivity contribution < 1.29 is 26.1 Å². The minimum atomic E-state index is -4.63. The molecule has 1 heterocycles. The molecule has 2 N–H and O–H groups in total. The summed E-state index contributed by atoms with van der Waals surface area (Å²) in [5, 5.41) is 3.05. The van der Waals surface area contributed by atoms with E-state index < -0.39 is 22.0 Å². The minimum absolute atomic E-state index is 0.00138. The molecule has 1 saturated heterocycles. The first-order valence-electron chi connectivity index (χ1n) is 6.49. The summed E-state index contributed by atoms with van der Waals surface area (Å²) in [5.41, 5.74) is -1.18. The molecular formula is C12H16F3N3O3S. The number of piperazine rings is 1. The quantitative estimate of drug-likeness (QED) is 0.814. The second-order valence-electron chi connectivity index (χ2n) is 4.88. The van der Waals surface area contributed by atoms with E-state index in [9.17, 15) is 21.6 Å². The maximum atomic E-state index is 13.3. The zero-order valence-electron chi connectivity index (χ0n) is 11.8. The fourth-order valence-corrected chi connectivity index (χ4v) is 2.64. The molecule has 124 valence electrons. The van der Waals surface area contributed by atoms with Gasteiger partial charge >= 0.3 is 16.5 Å². The molecule has 0 saturated carbocycles. The molecule has 22 heavy (non-hydrogen) atoms. The van der Waals surface area contributed by atoms with Gasteiger partial charge < -0.3 is 10.2 Å². The third kappa shape index (κ3) is 3.62. The highest BCUT2D eigenvalue weighted by Gasteiger charge is 2.36. The zero-order valence-corrected chi connectivity index (χ0v) is 12.6. The second kappa shape index (κ2) is 5.94. The number of nitrogens with one attached hydrogen (secondary N) is 1. The van der Waals surface area contributed by atoms with Gasteiger partial charge in [-0.15, -0.1) is 0 Å². The molecule has 2 rings (SSSR count). The van der Waals surface area contributed by atoms with Crippen molar-refractivity contribution in [2.24, 2.45) is 0 Å². The van der Waals surface area contributed by atoms with Crippen LogP contribution in [0.5, 0.6) is 0 Å². The fraction of sp³-hybridized carbons (Fsp3) is 0.500. The highest BCUT2D eigenvalue weighted by atomic mass is 32.2. The molecule has 10 heteroatoms. The highest BCUT2D eigenvalue weighted by molar-refractivity contribution is 7.87. The van der Waals surface area contributed by atoms with E-state index in [1.807, 2.05) is 0 Å². The Labute approximate surface area is 126 Å². The molecule has 0 spiro atoms. The Bertz CT molecular complexity index is 643. The van der Waals surface area contributed by atoms with Crippen molar-refractivity contribution in [3.8, 4) is 0 Å². The molecule has 0 aliphatic carbocycles. The van der Waals surface area contributed by atoms with Gasteiger partial charge in [-0.3, -0.25) is 8.86 Å². The molecule has 0 atom stereocenters. The number of alkyl halides is 3. The fourth-order valence-electron chi connectivity index (χ4n) is 2.26. The van der Waals surface area contributed by atoms with E-state index in [1.54, 1.807) is 4.90 Å². The molecule has 6 nitrogen and oxygen atoms in total. The van der Waals surface area contributed by atoms with E-state index in [2.05, 4.69) is 5.32 Å². The SMILES string of the molecule is CN(c1ccc(N2CCNCC2)c(C(F)(F)F)c1)S(=O)(=O)O. The van der Waals surface area contributed by atoms with Crippen LogP contribution in [0.3, 0.4) is 0 Å². The maximum absolute atomic E-state index is 13.3. The maximum Gasteiger partial charge on any atom is 0.418 e. The Kier molecular flexibility index (Phi) is 4.54. The summed E-state index contributed by atoms with van der Waals surface area (Å²) in [7, 11) is -3.63. The summed E-state index contributed by atoms with van der Waals surface area (Å²) in [6, 6.07) is 3.19. The van der Waals surface area contributed by atoms with Crippen molar-refractivity contribution in [3.63, 3.8) is 0 Å². The monoisotopic (exact) mass is 339 g/mol. The van der Waals surface area contributed by atoms with Crippen LogP contribution >= 0.6 is 0 Å². The van der Waals surface area contributed by atoms with Crippen LogP contribution in [0.2, 0.25) is 0 Å². The Morgan fingerprint density at radius 2 is 1.86 bits per heavy atom. The molecule has 1 aromatic rings. The first-order chi connectivity index (χ1) is 10.1. The number of hydrogen-bond donors (Lipinski definition) is 2. The number of hydrogen-bond acceptors (Lipinski definition) is 4. The van der Waals surface area contributed by atoms with E-state index in [4.69, 9.17) is 4.55 Å². The normalized spacial score (nSPS) is 16.7. The van der Waals surface area contributed by atoms with E-state index in [0.29, 0.717) is 30.5 Å². The van der Waals surface area contributed by atoms with Crippen LogP contribution in [0.15, 0.2) is 18.2 Å². The average molecular weight is 339 g/mol. The van der Waals surface area contributed by atoms with Crippen molar-refractivity contribution in [1.29, 1.82) is 0 Å². The van der Waals surface area contributed by atoms with Crippen molar-refractivity contribution in [2.75, 3.05) is 42.4 Å². The minimum Gasteiger partial charge on any atom is -0.368 e. The van der Waals surface area contributed by atoms with Crippen molar-refractivity contribution in [2.45, 2.75) is 6.18 Å². The lowest BCUT2D eigenvalue weighted by atomic mass is 10.1. The van der Waals surface area contributed by atoms with Crippen LogP contribution in [0.4, 0.5) is 24.5 Å². The molecular weight excluding hydrogens is 323 g/mol. The van der Waals surface area contributed by atoms with E-state index >= 15 is 0 Å². The predicted octanol–water partition coefficient (Wildman–Crippen LogP) is 1.35. The van der Waals surface area contributed by atoms with Crippen LogP contribution in [0.1, 0.15) is 5.56 Å². The van der Waals surface area contributed by atoms with Crippen LogP contribution < -0.4 is 14.5 Å². The van der Waals surface area contributed by atoms with Gasteiger partial charge in [0.25, 0.3) is 0 Å². The van der Waals surface area contributed by atoms with Gasteiger partial charge in [-0.05, 0) is 18.2 Å². The molecule has 0 radical (unpaired) electrons. The average Bonchev–Trinajstić information content (AvgIpc) is 2.45. The third-order valence-electron chi connectivity index (χ3n) is 3.45. The van der Waals surface area contributed by atoms with Crippen LogP contribution in [0, 0.1) is 0 Å². The molecule has 0 amide bonds. The first kappa shape index (κ1) is 16.8. The van der Waals surface area contributed by atoms with Crippen molar-refractivity contribution >= 4 is 21.7 Å². The molecule has 1 aliphatic rings. The van der Waals surface area contributed by atoms with Crippen LogP contribution in [-0.4, -0.2) is 46.2 Å². The van der Waals surface area contributed by atoms with E-state index in [1.165, 1.54) is 12.1 Å². The Hall–Kier alpha value is -1.52. The summed E-state index contributed by atoms with van der Waals surface area (Å²) in [4.78, 5) is 1.59. The lowest BCUT2D eigenvalue weighted by Gasteiger charge is -2.32. The summed E-state index contributed by atoms with van der Waals surface area (Å²) < 4.78 is 71.3. The number of halogens is 3. The van der Waals surface area contributed by atoms with Gasteiger partial charge in [0.2, 0.25) is 0 Å². The van der Waals surface area contributed by atoms with Crippen LogP contribution in [-0.2, 0) is 16.5 Å². The van der Waals surface area contributed by atoms with Crippen molar-refractivity contribution in [1.82, 2.24) is 5.32 Å². The molecule has 0 aromatic heterocycles. The second-order valence-corrected chi connectivity index (χ2v) is 6.32. The van der Waals surface area contributed by atoms with Gasteiger partial charge in [0.15, 0.2) is 0 Å². The Morgan fingerprint density at radius 1 is 1.27 bits per heavy atom. The molecule has 1 fully saturated rings.